The maximum absolute atomic E-state index is 10.9. The highest BCUT2D eigenvalue weighted by Crippen LogP contribution is 2.29. The third-order valence-corrected chi connectivity index (χ3v) is 3.19. The van der Waals surface area contributed by atoms with Crippen LogP contribution >= 0.6 is 11.6 Å². The molecule has 1 saturated heterocycles. The number of ether oxygens (including phenoxy) is 1. The highest BCUT2D eigenvalue weighted by atomic mass is 35.5. The van der Waals surface area contributed by atoms with Crippen molar-refractivity contribution in [3.63, 3.8) is 0 Å². The van der Waals surface area contributed by atoms with Crippen LogP contribution in [0.2, 0.25) is 5.02 Å². The van der Waals surface area contributed by atoms with Crippen LogP contribution in [0.3, 0.4) is 0 Å². The second-order valence-corrected chi connectivity index (χ2v) is 4.80. The number of aliphatic hydroxyl groups excluding tert-OH is 3. The van der Waals surface area contributed by atoms with Crippen molar-refractivity contribution in [3.8, 4) is 0 Å². The van der Waals surface area contributed by atoms with E-state index in [-0.39, 0.29) is 23.0 Å². The largest absolute Gasteiger partial charge is 0.388 e. The van der Waals surface area contributed by atoms with E-state index in [0.717, 1.165) is 6.07 Å². The number of hydrogen-bond acceptors (Lipinski definition) is 7. The number of rotatable bonds is 3. The summed E-state index contributed by atoms with van der Waals surface area (Å²) < 4.78 is 5.12. The van der Waals surface area contributed by atoms with Crippen molar-refractivity contribution in [2.24, 2.45) is 0 Å². The van der Waals surface area contributed by atoms with Gasteiger partial charge in [0, 0.05) is 11.1 Å². The van der Waals surface area contributed by atoms with Gasteiger partial charge in [0.15, 0.2) is 6.23 Å². The van der Waals surface area contributed by atoms with Gasteiger partial charge < -0.3 is 25.4 Å². The number of halogens is 1. The van der Waals surface area contributed by atoms with Crippen molar-refractivity contribution in [1.29, 1.82) is 0 Å². The summed E-state index contributed by atoms with van der Waals surface area (Å²) in [6.45, 7) is -0.197. The zero-order valence-electron chi connectivity index (χ0n) is 10.1. The topological polar surface area (TPSA) is 125 Å². The van der Waals surface area contributed by atoms with E-state index in [9.17, 15) is 25.4 Å². The zero-order chi connectivity index (χ0) is 14.9. The predicted octanol–water partition coefficient (Wildman–Crippen LogP) is 0.0991. The van der Waals surface area contributed by atoms with Crippen LogP contribution in [-0.2, 0) is 4.74 Å². The number of nitrogens with one attached hydrogen (secondary N) is 1. The van der Waals surface area contributed by atoms with E-state index in [4.69, 9.17) is 16.3 Å². The summed E-state index contributed by atoms with van der Waals surface area (Å²) in [6, 6.07) is 3.97. The smallest absolute Gasteiger partial charge is 0.293 e. The van der Waals surface area contributed by atoms with Gasteiger partial charge >= 0.3 is 0 Å². The molecule has 0 radical (unpaired) electrons. The summed E-state index contributed by atoms with van der Waals surface area (Å²) >= 11 is 5.69. The lowest BCUT2D eigenvalue weighted by Gasteiger charge is -2.35. The molecular formula is C11H13ClN2O6. The van der Waals surface area contributed by atoms with E-state index in [0.29, 0.717) is 0 Å². The van der Waals surface area contributed by atoms with Gasteiger partial charge in [0.05, 0.1) is 11.5 Å². The Morgan fingerprint density at radius 3 is 2.70 bits per heavy atom. The highest BCUT2D eigenvalue weighted by molar-refractivity contribution is 6.30. The van der Waals surface area contributed by atoms with Gasteiger partial charge in [-0.05, 0) is 12.1 Å². The van der Waals surface area contributed by atoms with Crippen molar-refractivity contribution in [2.45, 2.75) is 24.5 Å². The van der Waals surface area contributed by atoms with Gasteiger partial charge in [0.2, 0.25) is 0 Å². The zero-order valence-corrected chi connectivity index (χ0v) is 10.9. The Morgan fingerprint density at radius 2 is 2.05 bits per heavy atom. The Hall–Kier alpha value is -1.45. The molecule has 1 aliphatic rings. The van der Waals surface area contributed by atoms with Gasteiger partial charge in [-0.15, -0.1) is 0 Å². The molecule has 1 fully saturated rings. The lowest BCUT2D eigenvalue weighted by Crippen LogP contribution is -2.55. The van der Waals surface area contributed by atoms with Gasteiger partial charge in [-0.3, -0.25) is 10.1 Å². The van der Waals surface area contributed by atoms with Crippen LogP contribution in [0.25, 0.3) is 0 Å². The molecule has 0 amide bonds. The molecule has 0 spiro atoms. The fourth-order valence-electron chi connectivity index (χ4n) is 1.86. The van der Waals surface area contributed by atoms with Gasteiger partial charge in [-0.2, -0.15) is 0 Å². The van der Waals surface area contributed by atoms with E-state index in [1.165, 1.54) is 12.1 Å². The molecule has 1 aromatic carbocycles. The fraction of sp³-hybridized carbons (Fsp3) is 0.455. The average molecular weight is 305 g/mol. The Balaban J connectivity index is 2.20. The molecule has 0 unspecified atom stereocenters. The first kappa shape index (κ1) is 14.9. The molecule has 0 aliphatic carbocycles. The van der Waals surface area contributed by atoms with Crippen molar-refractivity contribution < 1.29 is 25.0 Å². The first-order valence-corrected chi connectivity index (χ1v) is 6.14. The van der Waals surface area contributed by atoms with E-state index in [1.54, 1.807) is 0 Å². The van der Waals surface area contributed by atoms with Crippen LogP contribution in [-0.4, -0.2) is 51.4 Å². The van der Waals surface area contributed by atoms with Crippen LogP contribution < -0.4 is 5.32 Å². The number of nitro benzene ring substituents is 1. The molecule has 8 nitrogen and oxygen atoms in total. The van der Waals surface area contributed by atoms with Crippen LogP contribution in [0.15, 0.2) is 18.2 Å². The van der Waals surface area contributed by atoms with Crippen molar-refractivity contribution >= 4 is 23.0 Å². The lowest BCUT2D eigenvalue weighted by atomic mass is 10.0. The van der Waals surface area contributed by atoms with Crippen molar-refractivity contribution in [1.82, 2.24) is 0 Å². The SMILES string of the molecule is O=[N+]([O-])c1cc(Cl)ccc1N[C@H]1OC[C@@H](O)[C@@H](O)[C@H]1O. The van der Waals surface area contributed by atoms with Crippen LogP contribution in [0.5, 0.6) is 0 Å². The van der Waals surface area contributed by atoms with Gasteiger partial charge in [0.25, 0.3) is 5.69 Å². The molecule has 110 valence electrons. The number of anilines is 1. The Bertz CT molecular complexity index is 514. The Kier molecular flexibility index (Phi) is 4.41. The maximum Gasteiger partial charge on any atom is 0.293 e. The molecule has 9 heteroatoms. The van der Waals surface area contributed by atoms with Gasteiger partial charge in [0.1, 0.15) is 24.0 Å². The van der Waals surface area contributed by atoms with E-state index >= 15 is 0 Å². The van der Waals surface area contributed by atoms with E-state index < -0.39 is 29.5 Å². The molecule has 0 aromatic heterocycles. The molecule has 1 heterocycles. The van der Waals surface area contributed by atoms with E-state index in [1.807, 2.05) is 0 Å². The number of hydrogen-bond donors (Lipinski definition) is 4. The monoisotopic (exact) mass is 304 g/mol. The summed E-state index contributed by atoms with van der Waals surface area (Å²) in [7, 11) is 0. The molecule has 4 atom stereocenters. The summed E-state index contributed by atoms with van der Waals surface area (Å²) in [5, 5.41) is 42.4. The Labute approximate surface area is 118 Å². The quantitative estimate of drug-likeness (QED) is 0.461. The molecule has 4 N–H and O–H groups in total. The fourth-order valence-corrected chi connectivity index (χ4v) is 2.03. The summed E-state index contributed by atoms with van der Waals surface area (Å²) in [4.78, 5) is 10.3. The average Bonchev–Trinajstić information content (AvgIpc) is 2.41. The first-order valence-electron chi connectivity index (χ1n) is 5.76. The summed E-state index contributed by atoms with van der Waals surface area (Å²) in [6.07, 6.45) is -5.10. The van der Waals surface area contributed by atoms with Crippen LogP contribution in [0.4, 0.5) is 11.4 Å². The lowest BCUT2D eigenvalue weighted by molar-refractivity contribution is -0.384. The molecule has 0 saturated carbocycles. The molecule has 2 rings (SSSR count). The number of nitrogens with zero attached hydrogens (tertiary/aromatic N) is 1. The molecule has 1 aromatic rings. The maximum atomic E-state index is 10.9. The highest BCUT2D eigenvalue weighted by Gasteiger charge is 2.38. The molecule has 1 aliphatic heterocycles. The standard InChI is InChI=1S/C11H13ClN2O6/c12-5-1-2-6(7(3-5)14(18)19)13-11-10(17)9(16)8(15)4-20-11/h1-3,8-11,13,15-17H,4H2/t8-,9-,10-,11+/m1/s1. The number of benzene rings is 1. The first-order chi connectivity index (χ1) is 9.40. The van der Waals surface area contributed by atoms with E-state index in [2.05, 4.69) is 5.32 Å². The third kappa shape index (κ3) is 3.00. The number of aliphatic hydroxyl groups is 3. The molecular weight excluding hydrogens is 292 g/mol. The van der Waals surface area contributed by atoms with Gasteiger partial charge in [-0.1, -0.05) is 11.6 Å². The summed E-state index contributed by atoms with van der Waals surface area (Å²) in [5.74, 6) is 0. The van der Waals surface area contributed by atoms with Crippen molar-refractivity contribution in [2.75, 3.05) is 11.9 Å². The third-order valence-electron chi connectivity index (χ3n) is 2.96. The Morgan fingerprint density at radius 1 is 1.35 bits per heavy atom. The number of nitro groups is 1. The van der Waals surface area contributed by atoms with Crippen LogP contribution in [0.1, 0.15) is 0 Å². The molecule has 20 heavy (non-hydrogen) atoms. The summed E-state index contributed by atoms with van der Waals surface area (Å²) in [5.41, 5.74) is -0.194. The second kappa shape index (κ2) is 5.90. The van der Waals surface area contributed by atoms with Gasteiger partial charge in [-0.25, -0.2) is 0 Å². The predicted molar refractivity (Wildman–Crippen MR) is 69.5 cm³/mol. The van der Waals surface area contributed by atoms with Crippen molar-refractivity contribution in [3.05, 3.63) is 33.3 Å². The molecule has 0 bridgehead atoms. The normalized spacial score (nSPS) is 30.0. The minimum atomic E-state index is -1.42. The minimum Gasteiger partial charge on any atom is -0.388 e. The second-order valence-electron chi connectivity index (χ2n) is 4.37. The minimum absolute atomic E-state index is 0.0899. The van der Waals surface area contributed by atoms with Crippen LogP contribution in [0, 0.1) is 10.1 Å².